The summed E-state index contributed by atoms with van der Waals surface area (Å²) in [5, 5.41) is 5.69. The van der Waals surface area contributed by atoms with Crippen LogP contribution in [0.15, 0.2) is 52.7 Å². The summed E-state index contributed by atoms with van der Waals surface area (Å²) in [4.78, 5) is 20.4. The number of nitrogens with zero attached hydrogens (tertiary/aromatic N) is 2. The van der Waals surface area contributed by atoms with Gasteiger partial charge in [0.1, 0.15) is 5.82 Å². The first-order valence-electron chi connectivity index (χ1n) is 9.70. The van der Waals surface area contributed by atoms with Crippen molar-refractivity contribution in [3.05, 3.63) is 64.9 Å². The molecule has 32 heavy (non-hydrogen) atoms. The quantitative estimate of drug-likeness (QED) is 0.440. The van der Waals surface area contributed by atoms with E-state index >= 15 is 0 Å². The highest BCUT2D eigenvalue weighted by Gasteiger charge is 2.18. The maximum Gasteiger partial charge on any atom is 0.242 e. The van der Waals surface area contributed by atoms with Crippen molar-refractivity contribution in [2.75, 3.05) is 19.4 Å². The van der Waals surface area contributed by atoms with Crippen LogP contribution in [0, 0.1) is 12.7 Å². The van der Waals surface area contributed by atoms with Crippen LogP contribution in [0.5, 0.6) is 0 Å². The van der Waals surface area contributed by atoms with E-state index in [9.17, 15) is 17.6 Å². The van der Waals surface area contributed by atoms with Crippen LogP contribution in [0.25, 0.3) is 22.2 Å². The lowest BCUT2D eigenvalue weighted by atomic mass is 10.1. The number of benzene rings is 2. The number of rotatable bonds is 6. The van der Waals surface area contributed by atoms with Crippen LogP contribution in [-0.2, 0) is 21.2 Å². The number of carbonyl (C=O) groups excluding carboxylic acids is 1. The van der Waals surface area contributed by atoms with Crippen molar-refractivity contribution in [3.8, 4) is 11.3 Å². The van der Waals surface area contributed by atoms with E-state index in [1.54, 1.807) is 23.6 Å². The molecule has 7 nitrogen and oxygen atoms in total. The van der Waals surface area contributed by atoms with Gasteiger partial charge in [0.2, 0.25) is 15.9 Å². The Hall–Kier alpha value is -3.08. The van der Waals surface area contributed by atoms with Crippen molar-refractivity contribution in [3.63, 3.8) is 0 Å². The second-order valence-corrected chi connectivity index (χ2v) is 10.5. The Kier molecular flexibility index (Phi) is 5.85. The summed E-state index contributed by atoms with van der Waals surface area (Å²) < 4.78 is 39.2. The van der Waals surface area contributed by atoms with E-state index in [-0.39, 0.29) is 23.0 Å². The first-order chi connectivity index (χ1) is 15.1. The predicted molar refractivity (Wildman–Crippen MR) is 124 cm³/mol. The van der Waals surface area contributed by atoms with Gasteiger partial charge in [0, 0.05) is 41.6 Å². The van der Waals surface area contributed by atoms with E-state index in [1.165, 1.54) is 49.7 Å². The molecule has 0 saturated heterocycles. The number of hydrogen-bond acceptors (Lipinski definition) is 5. The molecule has 2 aromatic heterocycles. The molecule has 0 aliphatic heterocycles. The number of aryl methyl sites for hydroxylation is 1. The molecule has 10 heteroatoms. The number of aromatic amines is 1. The van der Waals surface area contributed by atoms with Gasteiger partial charge in [0.15, 0.2) is 5.13 Å². The number of H-pyrrole nitrogens is 1. The maximum atomic E-state index is 13.6. The minimum absolute atomic E-state index is 0.0846. The Morgan fingerprint density at radius 3 is 2.59 bits per heavy atom. The van der Waals surface area contributed by atoms with E-state index in [0.29, 0.717) is 16.2 Å². The summed E-state index contributed by atoms with van der Waals surface area (Å²) in [6.07, 6.45) is 0.0846. The monoisotopic (exact) mass is 472 g/mol. The van der Waals surface area contributed by atoms with Crippen LogP contribution in [-0.4, -0.2) is 42.7 Å². The number of anilines is 1. The molecule has 0 spiro atoms. The number of thiazole rings is 1. The van der Waals surface area contributed by atoms with Crippen molar-refractivity contribution >= 4 is 43.3 Å². The van der Waals surface area contributed by atoms with E-state index < -0.39 is 10.0 Å². The van der Waals surface area contributed by atoms with Gasteiger partial charge in [-0.2, -0.15) is 0 Å². The zero-order valence-electron chi connectivity index (χ0n) is 17.6. The largest absolute Gasteiger partial charge is 0.358 e. The van der Waals surface area contributed by atoms with Gasteiger partial charge in [-0.05, 0) is 42.8 Å². The topological polar surface area (TPSA) is 95.2 Å². The van der Waals surface area contributed by atoms with Crippen LogP contribution < -0.4 is 5.32 Å². The van der Waals surface area contributed by atoms with Gasteiger partial charge in [-0.25, -0.2) is 22.1 Å². The zero-order valence-corrected chi connectivity index (χ0v) is 19.3. The average Bonchev–Trinajstić information content (AvgIpc) is 3.32. The molecular weight excluding hydrogens is 451 g/mol. The Balaban J connectivity index is 1.49. The Labute approximate surface area is 189 Å². The minimum Gasteiger partial charge on any atom is -0.358 e. The highest BCUT2D eigenvalue weighted by Crippen LogP contribution is 2.27. The van der Waals surface area contributed by atoms with E-state index in [0.717, 1.165) is 26.6 Å². The van der Waals surface area contributed by atoms with Gasteiger partial charge < -0.3 is 10.3 Å². The molecule has 2 aromatic carbocycles. The molecule has 0 aliphatic carbocycles. The van der Waals surface area contributed by atoms with Crippen molar-refractivity contribution < 1.29 is 17.6 Å². The molecule has 0 unspecified atom stereocenters. The molecule has 0 atom stereocenters. The third kappa shape index (κ3) is 4.29. The third-order valence-corrected chi connectivity index (χ3v) is 7.69. The zero-order chi connectivity index (χ0) is 23.0. The summed E-state index contributed by atoms with van der Waals surface area (Å²) in [5.74, 6) is -0.612. The fraction of sp³-hybridized carbons (Fsp3) is 0.182. The number of carbonyl (C=O) groups is 1. The molecule has 166 valence electrons. The predicted octanol–water partition coefficient (Wildman–Crippen LogP) is 4.17. The van der Waals surface area contributed by atoms with Crippen LogP contribution in [0.3, 0.4) is 0 Å². The Morgan fingerprint density at radius 1 is 1.19 bits per heavy atom. The number of halogens is 1. The van der Waals surface area contributed by atoms with Crippen LogP contribution in [0.4, 0.5) is 9.52 Å². The third-order valence-electron chi connectivity index (χ3n) is 5.10. The molecule has 2 heterocycles. The number of amides is 1. The normalized spacial score (nSPS) is 11.9. The first kappa shape index (κ1) is 22.1. The Bertz CT molecular complexity index is 1410. The lowest BCUT2D eigenvalue weighted by Gasteiger charge is -2.11. The minimum atomic E-state index is -3.50. The van der Waals surface area contributed by atoms with Crippen molar-refractivity contribution in [1.29, 1.82) is 0 Å². The first-order valence-corrected chi connectivity index (χ1v) is 12.0. The summed E-state index contributed by atoms with van der Waals surface area (Å²) in [6.45, 7) is 1.85. The maximum absolute atomic E-state index is 13.6. The molecule has 2 N–H and O–H groups in total. The molecular formula is C22H21FN4O3S2. The Morgan fingerprint density at radius 2 is 1.91 bits per heavy atom. The number of aromatic nitrogens is 2. The number of sulfonamides is 1. The molecule has 1 amide bonds. The highest BCUT2D eigenvalue weighted by molar-refractivity contribution is 7.89. The molecule has 0 saturated carbocycles. The fourth-order valence-corrected chi connectivity index (χ4v) is 5.02. The summed E-state index contributed by atoms with van der Waals surface area (Å²) in [6, 6.07) is 10.9. The fourth-order valence-electron chi connectivity index (χ4n) is 3.38. The molecule has 4 rings (SSSR count). The van der Waals surface area contributed by atoms with Crippen LogP contribution >= 0.6 is 11.3 Å². The molecule has 0 radical (unpaired) electrons. The molecule has 0 bridgehead atoms. The number of nitrogens with one attached hydrogen (secondary N) is 2. The van der Waals surface area contributed by atoms with E-state index in [4.69, 9.17) is 0 Å². The summed E-state index contributed by atoms with van der Waals surface area (Å²) in [5.41, 5.74) is 3.70. The van der Waals surface area contributed by atoms with Crippen LogP contribution in [0.2, 0.25) is 0 Å². The van der Waals surface area contributed by atoms with Gasteiger partial charge in [0.05, 0.1) is 17.0 Å². The summed E-state index contributed by atoms with van der Waals surface area (Å²) in [7, 11) is -0.543. The van der Waals surface area contributed by atoms with Crippen molar-refractivity contribution in [2.45, 2.75) is 18.2 Å². The van der Waals surface area contributed by atoms with E-state index in [1.807, 2.05) is 6.92 Å². The van der Waals surface area contributed by atoms with Crippen molar-refractivity contribution in [1.82, 2.24) is 14.3 Å². The SMILES string of the molecule is Cc1[nH]c2ccc(F)cc2c1CC(=O)Nc1nc(-c2ccc(S(=O)(=O)N(C)C)cc2)cs1. The molecule has 0 aliphatic rings. The number of hydrogen-bond donors (Lipinski definition) is 2. The molecule has 4 aromatic rings. The molecule has 0 fully saturated rings. The van der Waals surface area contributed by atoms with Gasteiger partial charge in [-0.3, -0.25) is 4.79 Å². The highest BCUT2D eigenvalue weighted by atomic mass is 32.2. The lowest BCUT2D eigenvalue weighted by molar-refractivity contribution is -0.115. The van der Waals surface area contributed by atoms with Gasteiger partial charge in [-0.15, -0.1) is 11.3 Å². The van der Waals surface area contributed by atoms with Crippen molar-refractivity contribution in [2.24, 2.45) is 0 Å². The van der Waals surface area contributed by atoms with Gasteiger partial charge in [-0.1, -0.05) is 12.1 Å². The average molecular weight is 473 g/mol. The number of fused-ring (bicyclic) bond motifs is 1. The second-order valence-electron chi connectivity index (χ2n) is 7.49. The smallest absolute Gasteiger partial charge is 0.242 e. The second kappa shape index (κ2) is 8.45. The van der Waals surface area contributed by atoms with Gasteiger partial charge in [0.25, 0.3) is 0 Å². The van der Waals surface area contributed by atoms with E-state index in [2.05, 4.69) is 15.3 Å². The summed E-state index contributed by atoms with van der Waals surface area (Å²) >= 11 is 1.27. The standard InChI is InChI=1S/C22H21FN4O3S2/c1-13-17(18-10-15(23)6-9-19(18)24-13)11-21(28)26-22-25-20(12-31-22)14-4-7-16(8-5-14)32(29,30)27(2)3/h4-10,12,24H,11H2,1-3H3,(H,25,26,28). The van der Waals surface area contributed by atoms with Crippen LogP contribution in [0.1, 0.15) is 11.3 Å². The van der Waals surface area contributed by atoms with Gasteiger partial charge >= 0.3 is 0 Å². The lowest BCUT2D eigenvalue weighted by Crippen LogP contribution is -2.22.